The molecule has 126 valence electrons. The number of aryl methyl sites for hydroxylation is 1. The summed E-state index contributed by atoms with van der Waals surface area (Å²) in [7, 11) is 0. The highest BCUT2D eigenvalue weighted by Crippen LogP contribution is 2.22. The zero-order valence-electron chi connectivity index (χ0n) is 13.4. The van der Waals surface area contributed by atoms with E-state index in [0.29, 0.717) is 18.8 Å². The molecule has 1 aromatic heterocycles. The second-order valence-electron chi connectivity index (χ2n) is 6.24. The van der Waals surface area contributed by atoms with Crippen LogP contribution in [0, 0.1) is 5.92 Å². The van der Waals surface area contributed by atoms with Crippen LogP contribution in [0.2, 0.25) is 5.02 Å². The first-order chi connectivity index (χ1) is 11.6. The SMILES string of the molecule is O=C(CCc1ccc(=O)[nH]n1)N1CCC(Cc2ccc(Cl)cc2)C1. The van der Waals surface area contributed by atoms with E-state index in [1.54, 1.807) is 6.07 Å². The first-order valence-electron chi connectivity index (χ1n) is 8.17. The Kier molecular flexibility index (Phi) is 5.30. The average Bonchev–Trinajstić information content (AvgIpc) is 3.05. The van der Waals surface area contributed by atoms with Crippen molar-refractivity contribution in [1.29, 1.82) is 0 Å². The number of hydrogen-bond acceptors (Lipinski definition) is 3. The van der Waals surface area contributed by atoms with E-state index in [-0.39, 0.29) is 11.5 Å². The van der Waals surface area contributed by atoms with Crippen LogP contribution in [0.5, 0.6) is 0 Å². The molecule has 1 atom stereocenters. The molecule has 1 aliphatic rings. The minimum Gasteiger partial charge on any atom is -0.342 e. The van der Waals surface area contributed by atoms with Crippen molar-refractivity contribution >= 4 is 17.5 Å². The molecule has 1 unspecified atom stereocenters. The Balaban J connectivity index is 1.47. The van der Waals surface area contributed by atoms with Gasteiger partial charge in [0.1, 0.15) is 0 Å². The molecule has 0 bridgehead atoms. The molecular weight excluding hydrogens is 326 g/mol. The maximum absolute atomic E-state index is 12.3. The van der Waals surface area contributed by atoms with E-state index >= 15 is 0 Å². The molecule has 6 heteroatoms. The summed E-state index contributed by atoms with van der Waals surface area (Å²) in [4.78, 5) is 25.2. The molecule has 1 amide bonds. The number of halogens is 1. The molecule has 1 N–H and O–H groups in total. The third kappa shape index (κ3) is 4.45. The molecule has 0 radical (unpaired) electrons. The summed E-state index contributed by atoms with van der Waals surface area (Å²) in [6.45, 7) is 1.62. The lowest BCUT2D eigenvalue weighted by Gasteiger charge is -2.16. The second kappa shape index (κ2) is 7.62. The molecule has 24 heavy (non-hydrogen) atoms. The van der Waals surface area contributed by atoms with Crippen LogP contribution in [-0.4, -0.2) is 34.1 Å². The number of nitrogens with one attached hydrogen (secondary N) is 1. The van der Waals surface area contributed by atoms with Gasteiger partial charge in [-0.25, -0.2) is 5.10 Å². The van der Waals surface area contributed by atoms with Gasteiger partial charge in [-0.1, -0.05) is 23.7 Å². The normalized spacial score (nSPS) is 17.2. The smallest absolute Gasteiger partial charge is 0.264 e. The predicted octanol–water partition coefficient (Wildman–Crippen LogP) is 2.45. The molecule has 1 saturated heterocycles. The maximum Gasteiger partial charge on any atom is 0.264 e. The van der Waals surface area contributed by atoms with E-state index < -0.39 is 0 Å². The van der Waals surface area contributed by atoms with Crippen LogP contribution in [0.15, 0.2) is 41.2 Å². The molecule has 1 aliphatic heterocycles. The summed E-state index contributed by atoms with van der Waals surface area (Å²) in [6.07, 6.45) is 2.98. The Morgan fingerprint density at radius 3 is 2.75 bits per heavy atom. The quantitative estimate of drug-likeness (QED) is 0.905. The fourth-order valence-electron chi connectivity index (χ4n) is 3.09. The minimum atomic E-state index is -0.227. The molecule has 2 aromatic rings. The minimum absolute atomic E-state index is 0.154. The number of carbonyl (C=O) groups excluding carboxylic acids is 1. The summed E-state index contributed by atoms with van der Waals surface area (Å²) in [5, 5.41) is 7.08. The molecule has 0 saturated carbocycles. The number of carbonyl (C=O) groups is 1. The van der Waals surface area contributed by atoms with Gasteiger partial charge < -0.3 is 4.90 Å². The fourth-order valence-corrected chi connectivity index (χ4v) is 3.21. The number of H-pyrrole nitrogens is 1. The van der Waals surface area contributed by atoms with E-state index in [1.165, 1.54) is 11.6 Å². The Morgan fingerprint density at radius 1 is 1.25 bits per heavy atom. The van der Waals surface area contributed by atoms with E-state index in [2.05, 4.69) is 22.3 Å². The van der Waals surface area contributed by atoms with Gasteiger partial charge in [0.2, 0.25) is 5.91 Å². The summed E-state index contributed by atoms with van der Waals surface area (Å²) in [6, 6.07) is 11.0. The lowest BCUT2D eigenvalue weighted by molar-refractivity contribution is -0.130. The Hall–Kier alpha value is -2.14. The summed E-state index contributed by atoms with van der Waals surface area (Å²) >= 11 is 5.91. The van der Waals surface area contributed by atoms with Crippen molar-refractivity contribution in [3.63, 3.8) is 0 Å². The summed E-state index contributed by atoms with van der Waals surface area (Å²) in [5.41, 5.74) is 1.77. The Bertz CT molecular complexity index is 737. The lowest BCUT2D eigenvalue weighted by atomic mass is 9.99. The Labute approximate surface area is 145 Å². The predicted molar refractivity (Wildman–Crippen MR) is 93.0 cm³/mol. The number of hydrogen-bond donors (Lipinski definition) is 1. The van der Waals surface area contributed by atoms with Gasteiger partial charge in [0.05, 0.1) is 5.69 Å². The van der Waals surface area contributed by atoms with Crippen molar-refractivity contribution in [2.45, 2.75) is 25.7 Å². The third-order valence-corrected chi connectivity index (χ3v) is 4.66. The Morgan fingerprint density at radius 2 is 2.04 bits per heavy atom. The zero-order chi connectivity index (χ0) is 16.9. The largest absolute Gasteiger partial charge is 0.342 e. The number of likely N-dealkylation sites (tertiary alicyclic amines) is 1. The topological polar surface area (TPSA) is 66.1 Å². The van der Waals surface area contributed by atoms with Gasteiger partial charge in [0.15, 0.2) is 0 Å². The van der Waals surface area contributed by atoms with Gasteiger partial charge in [-0.15, -0.1) is 0 Å². The standard InChI is InChI=1S/C18H20ClN3O2/c19-15-3-1-13(2-4-15)11-14-9-10-22(12-14)18(24)8-6-16-5-7-17(23)21-20-16/h1-5,7,14H,6,8-12H2,(H,21,23). The van der Waals surface area contributed by atoms with E-state index in [9.17, 15) is 9.59 Å². The van der Waals surface area contributed by atoms with Crippen LogP contribution in [0.1, 0.15) is 24.1 Å². The maximum atomic E-state index is 12.3. The second-order valence-corrected chi connectivity index (χ2v) is 6.67. The van der Waals surface area contributed by atoms with Gasteiger partial charge in [-0.05, 0) is 42.5 Å². The van der Waals surface area contributed by atoms with Crippen molar-refractivity contribution in [2.24, 2.45) is 5.92 Å². The zero-order valence-corrected chi connectivity index (χ0v) is 14.1. The van der Waals surface area contributed by atoms with Crippen molar-refractivity contribution in [3.05, 3.63) is 63.0 Å². The van der Waals surface area contributed by atoms with Gasteiger partial charge in [0.25, 0.3) is 5.56 Å². The highest BCUT2D eigenvalue weighted by molar-refractivity contribution is 6.30. The number of benzene rings is 1. The van der Waals surface area contributed by atoms with Crippen molar-refractivity contribution in [1.82, 2.24) is 15.1 Å². The first-order valence-corrected chi connectivity index (χ1v) is 8.55. The molecular formula is C18H20ClN3O2. The number of aromatic amines is 1. The van der Waals surface area contributed by atoms with Crippen LogP contribution in [0.4, 0.5) is 0 Å². The van der Waals surface area contributed by atoms with Crippen LogP contribution >= 0.6 is 11.6 Å². The summed E-state index contributed by atoms with van der Waals surface area (Å²) < 4.78 is 0. The molecule has 0 aliphatic carbocycles. The lowest BCUT2D eigenvalue weighted by Crippen LogP contribution is -2.29. The van der Waals surface area contributed by atoms with Crippen molar-refractivity contribution < 1.29 is 4.79 Å². The highest BCUT2D eigenvalue weighted by Gasteiger charge is 2.26. The van der Waals surface area contributed by atoms with E-state index in [4.69, 9.17) is 11.6 Å². The number of nitrogens with zero attached hydrogens (tertiary/aromatic N) is 2. The van der Waals surface area contributed by atoms with Gasteiger partial charge in [0, 0.05) is 37.0 Å². The molecule has 3 rings (SSSR count). The van der Waals surface area contributed by atoms with E-state index in [0.717, 1.165) is 36.6 Å². The highest BCUT2D eigenvalue weighted by atomic mass is 35.5. The van der Waals surface area contributed by atoms with Gasteiger partial charge in [-0.2, -0.15) is 5.10 Å². The van der Waals surface area contributed by atoms with Crippen LogP contribution in [-0.2, 0) is 17.6 Å². The molecule has 1 aromatic carbocycles. The molecule has 1 fully saturated rings. The molecule has 5 nitrogen and oxygen atoms in total. The van der Waals surface area contributed by atoms with Crippen LogP contribution in [0.25, 0.3) is 0 Å². The molecule has 0 spiro atoms. The van der Waals surface area contributed by atoms with Crippen LogP contribution in [0.3, 0.4) is 0 Å². The van der Waals surface area contributed by atoms with Crippen LogP contribution < -0.4 is 5.56 Å². The number of rotatable bonds is 5. The summed E-state index contributed by atoms with van der Waals surface area (Å²) in [5.74, 6) is 0.655. The first kappa shape index (κ1) is 16.7. The van der Waals surface area contributed by atoms with Gasteiger partial charge in [-0.3, -0.25) is 9.59 Å². The molecule has 2 heterocycles. The average molecular weight is 346 g/mol. The van der Waals surface area contributed by atoms with Crippen molar-refractivity contribution in [3.8, 4) is 0 Å². The van der Waals surface area contributed by atoms with Crippen molar-refractivity contribution in [2.75, 3.05) is 13.1 Å². The van der Waals surface area contributed by atoms with Gasteiger partial charge >= 0.3 is 0 Å². The third-order valence-electron chi connectivity index (χ3n) is 4.41. The van der Waals surface area contributed by atoms with E-state index in [1.807, 2.05) is 17.0 Å². The number of aromatic nitrogens is 2. The fraction of sp³-hybridized carbons (Fsp3) is 0.389. The number of amides is 1. The monoisotopic (exact) mass is 345 g/mol.